The quantitative estimate of drug-likeness (QED) is 0.225. The third kappa shape index (κ3) is 10.0. The molecule has 1 atom stereocenters. The van der Waals surface area contributed by atoms with Gasteiger partial charge in [-0.05, 0) is 31.4 Å². The number of morpholine rings is 1. The van der Waals surface area contributed by atoms with Gasteiger partial charge in [0, 0.05) is 37.8 Å². The highest BCUT2D eigenvalue weighted by Gasteiger charge is 2.09. The van der Waals surface area contributed by atoms with E-state index in [2.05, 4.69) is 28.7 Å². The largest absolute Gasteiger partial charge is 0.469 e. The van der Waals surface area contributed by atoms with E-state index in [9.17, 15) is 0 Å². The number of hydrogen-bond acceptors (Lipinski definition) is 5. The summed E-state index contributed by atoms with van der Waals surface area (Å²) in [4.78, 5) is 7.17. The first-order valence-corrected chi connectivity index (χ1v) is 10.4. The topological polar surface area (TPSA) is 62.0 Å². The molecule has 0 saturated carbocycles. The van der Waals surface area contributed by atoms with Crippen LogP contribution in [0.2, 0.25) is 0 Å². The molecule has 1 aliphatic heterocycles. The Kier molecular flexibility index (Phi) is 13.2. The lowest BCUT2D eigenvalue weighted by Gasteiger charge is -2.26. The Morgan fingerprint density at radius 1 is 1.31 bits per heavy atom. The summed E-state index contributed by atoms with van der Waals surface area (Å²) < 4.78 is 10.8. The first-order chi connectivity index (χ1) is 12.3. The maximum Gasteiger partial charge on any atom is 0.191 e. The van der Waals surface area contributed by atoms with Crippen LogP contribution in [0.25, 0.3) is 0 Å². The van der Waals surface area contributed by atoms with Crippen molar-refractivity contribution < 1.29 is 9.15 Å². The van der Waals surface area contributed by atoms with Gasteiger partial charge in [0.25, 0.3) is 0 Å². The second-order valence-electron chi connectivity index (χ2n) is 6.23. The van der Waals surface area contributed by atoms with Crippen molar-refractivity contribution in [1.29, 1.82) is 0 Å². The maximum atomic E-state index is 5.39. The molecular weight excluding hydrogens is 463 g/mol. The van der Waals surface area contributed by atoms with E-state index < -0.39 is 0 Å². The maximum absolute atomic E-state index is 5.39. The van der Waals surface area contributed by atoms with E-state index >= 15 is 0 Å². The fraction of sp³-hybridized carbons (Fsp3) is 0.722. The number of furan rings is 1. The molecular formula is C18H33IN4O2S. The molecule has 1 saturated heterocycles. The molecule has 26 heavy (non-hydrogen) atoms. The Bertz CT molecular complexity index is 482. The molecule has 0 radical (unpaired) electrons. The molecule has 150 valence electrons. The average molecular weight is 496 g/mol. The molecule has 0 aromatic carbocycles. The highest BCUT2D eigenvalue weighted by molar-refractivity contribution is 14.0. The molecule has 6 nitrogen and oxygen atoms in total. The number of nitrogens with zero attached hydrogens (tertiary/aromatic N) is 2. The van der Waals surface area contributed by atoms with E-state index in [1.807, 2.05) is 23.9 Å². The minimum atomic E-state index is 0. The molecule has 2 heterocycles. The summed E-state index contributed by atoms with van der Waals surface area (Å²) in [6.07, 6.45) is 5.81. The van der Waals surface area contributed by atoms with Crippen molar-refractivity contribution in [3.05, 3.63) is 24.2 Å². The van der Waals surface area contributed by atoms with Gasteiger partial charge in [0.2, 0.25) is 0 Å². The Hall–Kier alpha value is -0.450. The van der Waals surface area contributed by atoms with Crippen molar-refractivity contribution in [2.45, 2.75) is 25.0 Å². The fourth-order valence-electron chi connectivity index (χ4n) is 2.56. The zero-order valence-corrected chi connectivity index (χ0v) is 19.1. The van der Waals surface area contributed by atoms with Crippen molar-refractivity contribution in [1.82, 2.24) is 15.5 Å². The molecule has 2 rings (SSSR count). The number of rotatable bonds is 10. The van der Waals surface area contributed by atoms with Crippen molar-refractivity contribution in [2.75, 3.05) is 58.7 Å². The average Bonchev–Trinajstić information content (AvgIpc) is 3.16. The lowest BCUT2D eigenvalue weighted by molar-refractivity contribution is 0.0376. The van der Waals surface area contributed by atoms with Crippen LogP contribution in [-0.4, -0.2) is 74.8 Å². The van der Waals surface area contributed by atoms with Crippen molar-refractivity contribution in [2.24, 2.45) is 4.99 Å². The normalized spacial score (nSPS) is 16.8. The molecule has 0 bridgehead atoms. The molecule has 1 fully saturated rings. The van der Waals surface area contributed by atoms with Gasteiger partial charge >= 0.3 is 0 Å². The molecule has 8 heteroatoms. The third-order valence-electron chi connectivity index (χ3n) is 4.20. The van der Waals surface area contributed by atoms with E-state index in [1.54, 1.807) is 6.26 Å². The first kappa shape index (κ1) is 23.6. The molecule has 0 amide bonds. The van der Waals surface area contributed by atoms with E-state index in [-0.39, 0.29) is 24.0 Å². The van der Waals surface area contributed by atoms with Crippen LogP contribution >= 0.6 is 35.7 Å². The number of hydrogen-bond donors (Lipinski definition) is 2. The van der Waals surface area contributed by atoms with E-state index in [4.69, 9.17) is 14.1 Å². The number of nitrogens with one attached hydrogen (secondary N) is 2. The van der Waals surface area contributed by atoms with Crippen LogP contribution in [0.3, 0.4) is 0 Å². The van der Waals surface area contributed by atoms with Gasteiger partial charge in [-0.3, -0.25) is 9.89 Å². The van der Waals surface area contributed by atoms with Gasteiger partial charge in [-0.2, -0.15) is 11.8 Å². The van der Waals surface area contributed by atoms with Crippen molar-refractivity contribution in [3.8, 4) is 0 Å². The summed E-state index contributed by atoms with van der Waals surface area (Å²) in [5.41, 5.74) is 0. The number of thioether (sulfide) groups is 1. The van der Waals surface area contributed by atoms with Crippen LogP contribution in [-0.2, 0) is 11.2 Å². The molecule has 0 spiro atoms. The number of guanidine groups is 1. The number of aliphatic imine (C=N–C) groups is 1. The van der Waals surface area contributed by atoms with Crippen LogP contribution in [0, 0.1) is 0 Å². The molecule has 1 aliphatic rings. The zero-order chi connectivity index (χ0) is 17.7. The second kappa shape index (κ2) is 14.6. The van der Waals surface area contributed by atoms with Crippen LogP contribution in [0.15, 0.2) is 27.8 Å². The lowest BCUT2D eigenvalue weighted by atomic mass is 10.3. The van der Waals surface area contributed by atoms with Gasteiger partial charge in [0.05, 0.1) is 26.0 Å². The zero-order valence-electron chi connectivity index (χ0n) is 15.9. The fourth-order valence-corrected chi connectivity index (χ4v) is 2.79. The minimum Gasteiger partial charge on any atom is -0.469 e. The van der Waals surface area contributed by atoms with Gasteiger partial charge in [0.1, 0.15) is 5.76 Å². The predicted molar refractivity (Wildman–Crippen MR) is 121 cm³/mol. The SMILES string of the molecule is CSC(C)CN=C(NCCCN1CCOCC1)NCCc1ccco1.I. The standard InChI is InChI=1S/C18H32N4O2S.HI/c1-16(25-2)15-21-18(20-8-6-17-5-3-12-24-17)19-7-4-9-22-10-13-23-14-11-22;/h3,5,12,16H,4,6-11,13-15H2,1-2H3,(H2,19,20,21);1H. The van der Waals surface area contributed by atoms with E-state index in [1.165, 1.54) is 0 Å². The Labute approximate surface area is 178 Å². The molecule has 0 aliphatic carbocycles. The van der Waals surface area contributed by atoms with Gasteiger partial charge in [-0.25, -0.2) is 0 Å². The van der Waals surface area contributed by atoms with Crippen LogP contribution < -0.4 is 10.6 Å². The number of ether oxygens (including phenoxy) is 1. The highest BCUT2D eigenvalue weighted by Crippen LogP contribution is 2.04. The summed E-state index contributed by atoms with van der Waals surface area (Å²) in [6.45, 7) is 9.70. The van der Waals surface area contributed by atoms with E-state index in [0.29, 0.717) is 5.25 Å². The summed E-state index contributed by atoms with van der Waals surface area (Å²) in [5.74, 6) is 1.89. The van der Waals surface area contributed by atoms with Crippen LogP contribution in [0.4, 0.5) is 0 Å². The summed E-state index contributed by atoms with van der Waals surface area (Å²) >= 11 is 1.84. The molecule has 1 unspecified atom stereocenters. The van der Waals surface area contributed by atoms with E-state index in [0.717, 1.165) is 77.0 Å². The third-order valence-corrected chi connectivity index (χ3v) is 5.15. The monoisotopic (exact) mass is 496 g/mol. The van der Waals surface area contributed by atoms with Gasteiger partial charge in [0.15, 0.2) is 5.96 Å². The first-order valence-electron chi connectivity index (χ1n) is 9.15. The Balaban J connectivity index is 0.00000338. The van der Waals surface area contributed by atoms with Crippen LogP contribution in [0.5, 0.6) is 0 Å². The minimum absolute atomic E-state index is 0. The van der Waals surface area contributed by atoms with Gasteiger partial charge in [-0.1, -0.05) is 6.92 Å². The molecule has 1 aromatic rings. The smallest absolute Gasteiger partial charge is 0.191 e. The summed E-state index contributed by atoms with van der Waals surface area (Å²) in [6, 6.07) is 3.93. The van der Waals surface area contributed by atoms with Gasteiger partial charge in [-0.15, -0.1) is 24.0 Å². The lowest BCUT2D eigenvalue weighted by Crippen LogP contribution is -2.41. The summed E-state index contributed by atoms with van der Waals surface area (Å²) in [7, 11) is 0. The molecule has 2 N–H and O–H groups in total. The predicted octanol–water partition coefficient (Wildman–Crippen LogP) is 2.45. The Morgan fingerprint density at radius 3 is 2.77 bits per heavy atom. The molecule has 1 aromatic heterocycles. The van der Waals surface area contributed by atoms with Crippen molar-refractivity contribution >= 4 is 41.7 Å². The number of halogens is 1. The van der Waals surface area contributed by atoms with Crippen LogP contribution in [0.1, 0.15) is 19.1 Å². The second-order valence-corrected chi connectivity index (χ2v) is 7.50. The van der Waals surface area contributed by atoms with Crippen molar-refractivity contribution in [3.63, 3.8) is 0 Å². The van der Waals surface area contributed by atoms with Gasteiger partial charge < -0.3 is 19.8 Å². The highest BCUT2D eigenvalue weighted by atomic mass is 127. The summed E-state index contributed by atoms with van der Waals surface area (Å²) in [5, 5.41) is 7.40. The Morgan fingerprint density at radius 2 is 2.08 bits per heavy atom.